The summed E-state index contributed by atoms with van der Waals surface area (Å²) in [6, 6.07) is 5.18. The maximum atomic E-state index is 12.9. The van der Waals surface area contributed by atoms with E-state index in [1.54, 1.807) is 6.20 Å². The van der Waals surface area contributed by atoms with Crippen LogP contribution in [0.25, 0.3) is 10.9 Å². The monoisotopic (exact) mass is 414 g/mol. The third kappa shape index (κ3) is 4.48. The van der Waals surface area contributed by atoms with E-state index in [-0.39, 0.29) is 18.2 Å². The highest BCUT2D eigenvalue weighted by atomic mass is 16.4. The topological polar surface area (TPSA) is 129 Å². The first kappa shape index (κ1) is 21.8. The minimum Gasteiger partial charge on any atom is -0.480 e. The lowest BCUT2D eigenvalue weighted by Crippen LogP contribution is -2.55. The number of rotatable bonds is 8. The maximum absolute atomic E-state index is 12.9. The van der Waals surface area contributed by atoms with E-state index in [1.165, 1.54) is 4.90 Å². The summed E-state index contributed by atoms with van der Waals surface area (Å²) in [5, 5.41) is 13.2. The molecule has 0 unspecified atom stereocenters. The number of aromatic nitrogens is 1. The zero-order valence-corrected chi connectivity index (χ0v) is 17.4. The van der Waals surface area contributed by atoms with E-state index in [0.29, 0.717) is 19.4 Å². The van der Waals surface area contributed by atoms with Crippen LogP contribution < -0.4 is 11.1 Å². The number of aliphatic carboxylic acids is 1. The van der Waals surface area contributed by atoms with Gasteiger partial charge in [0.2, 0.25) is 11.8 Å². The number of nitrogens with one attached hydrogen (secondary N) is 2. The minimum atomic E-state index is -1.11. The van der Waals surface area contributed by atoms with Crippen molar-refractivity contribution in [3.05, 3.63) is 36.0 Å². The first-order chi connectivity index (χ1) is 14.3. The maximum Gasteiger partial charge on any atom is 0.326 e. The van der Waals surface area contributed by atoms with E-state index in [9.17, 15) is 19.5 Å². The zero-order valence-electron chi connectivity index (χ0n) is 17.4. The number of hydrogen-bond donors (Lipinski definition) is 4. The van der Waals surface area contributed by atoms with E-state index in [2.05, 4.69) is 10.3 Å². The van der Waals surface area contributed by atoms with Crippen LogP contribution in [0.5, 0.6) is 0 Å². The second kappa shape index (κ2) is 9.30. The largest absolute Gasteiger partial charge is 0.480 e. The van der Waals surface area contributed by atoms with Crippen LogP contribution in [0.4, 0.5) is 0 Å². The minimum absolute atomic E-state index is 0.00968. The molecule has 2 heterocycles. The predicted molar refractivity (Wildman–Crippen MR) is 114 cm³/mol. The van der Waals surface area contributed by atoms with Gasteiger partial charge in [0.05, 0.1) is 6.04 Å². The molecule has 1 saturated heterocycles. The molecule has 4 atom stereocenters. The summed E-state index contributed by atoms with van der Waals surface area (Å²) in [6.07, 6.45) is 3.88. The van der Waals surface area contributed by atoms with E-state index in [4.69, 9.17) is 5.73 Å². The Labute approximate surface area is 175 Å². The highest BCUT2D eigenvalue weighted by Gasteiger charge is 2.38. The quantitative estimate of drug-likeness (QED) is 0.522. The Balaban J connectivity index is 1.71. The molecule has 2 aromatic rings. The fourth-order valence-corrected chi connectivity index (χ4v) is 3.98. The number of fused-ring (bicyclic) bond motifs is 1. The Morgan fingerprint density at radius 2 is 2.07 bits per heavy atom. The summed E-state index contributed by atoms with van der Waals surface area (Å²) in [7, 11) is 0. The van der Waals surface area contributed by atoms with Crippen molar-refractivity contribution >= 4 is 28.7 Å². The average Bonchev–Trinajstić information content (AvgIpc) is 3.39. The van der Waals surface area contributed by atoms with Gasteiger partial charge in [0.25, 0.3) is 0 Å². The van der Waals surface area contributed by atoms with Crippen molar-refractivity contribution in [2.75, 3.05) is 6.54 Å². The molecule has 0 saturated carbocycles. The number of hydrogen-bond acceptors (Lipinski definition) is 4. The highest BCUT2D eigenvalue weighted by Crippen LogP contribution is 2.22. The van der Waals surface area contributed by atoms with Crippen molar-refractivity contribution in [1.82, 2.24) is 15.2 Å². The summed E-state index contributed by atoms with van der Waals surface area (Å²) in [4.78, 5) is 42.2. The lowest BCUT2D eigenvalue weighted by Gasteiger charge is -2.29. The van der Waals surface area contributed by atoms with Crippen molar-refractivity contribution < 1.29 is 19.5 Å². The molecule has 8 nitrogen and oxygen atoms in total. The lowest BCUT2D eigenvalue weighted by molar-refractivity contribution is -0.144. The first-order valence-corrected chi connectivity index (χ1v) is 10.5. The third-order valence-electron chi connectivity index (χ3n) is 6.09. The molecule has 0 spiro atoms. The molecule has 30 heavy (non-hydrogen) atoms. The second-order valence-electron chi connectivity index (χ2n) is 8.06. The van der Waals surface area contributed by atoms with Crippen molar-refractivity contribution in [1.29, 1.82) is 0 Å². The molecule has 3 rings (SSSR count). The molecule has 1 aliphatic rings. The number of H-pyrrole nitrogens is 1. The van der Waals surface area contributed by atoms with Gasteiger partial charge >= 0.3 is 5.97 Å². The zero-order chi connectivity index (χ0) is 21.8. The number of nitrogens with two attached hydrogens (primary N) is 1. The Morgan fingerprint density at radius 1 is 1.33 bits per heavy atom. The second-order valence-corrected chi connectivity index (χ2v) is 8.06. The van der Waals surface area contributed by atoms with Crippen molar-refractivity contribution in [2.45, 2.75) is 57.7 Å². The van der Waals surface area contributed by atoms with Gasteiger partial charge in [-0.15, -0.1) is 0 Å². The predicted octanol–water partition coefficient (Wildman–Crippen LogP) is 1.64. The Hall–Kier alpha value is -2.87. The number of benzene rings is 1. The van der Waals surface area contributed by atoms with Gasteiger partial charge in [-0.25, -0.2) is 4.79 Å². The third-order valence-corrected chi connectivity index (χ3v) is 6.09. The molecule has 1 aliphatic heterocycles. The highest BCUT2D eigenvalue weighted by molar-refractivity contribution is 5.92. The number of likely N-dealkylation sites (tertiary alicyclic amines) is 1. The Kier molecular flexibility index (Phi) is 6.77. The molecule has 5 N–H and O–H groups in total. The van der Waals surface area contributed by atoms with Crippen molar-refractivity contribution in [2.24, 2.45) is 11.7 Å². The number of nitrogens with zero attached hydrogens (tertiary/aromatic N) is 1. The van der Waals surface area contributed by atoms with Gasteiger partial charge in [-0.1, -0.05) is 38.5 Å². The molecule has 0 aliphatic carbocycles. The molecule has 1 aromatic heterocycles. The number of carbonyl (C=O) groups is 3. The SMILES string of the molecule is CC[C@H](C)[C@H](N)C(=O)N1CCC[C@H]1C(=O)N[C@@H](Cc1c[nH]c2ccccc12)C(=O)O. The lowest BCUT2D eigenvalue weighted by atomic mass is 9.98. The van der Waals surface area contributed by atoms with Gasteiger partial charge in [-0.05, 0) is 30.4 Å². The number of para-hydroxylation sites is 1. The van der Waals surface area contributed by atoms with Gasteiger partial charge in [-0.2, -0.15) is 0 Å². The number of carboxylic acid groups (broad SMARTS) is 1. The van der Waals surface area contributed by atoms with Gasteiger partial charge < -0.3 is 26.0 Å². The fraction of sp³-hybridized carbons (Fsp3) is 0.500. The summed E-state index contributed by atoms with van der Waals surface area (Å²) in [5.41, 5.74) is 7.81. The molecular formula is C22H30N4O4. The number of aromatic amines is 1. The van der Waals surface area contributed by atoms with Gasteiger partial charge in [0.15, 0.2) is 0 Å². The van der Waals surface area contributed by atoms with E-state index in [0.717, 1.165) is 22.9 Å². The van der Waals surface area contributed by atoms with Crippen LogP contribution in [0, 0.1) is 5.92 Å². The Bertz CT molecular complexity index is 925. The van der Waals surface area contributed by atoms with E-state index in [1.807, 2.05) is 38.1 Å². The van der Waals surface area contributed by atoms with Crippen LogP contribution in [0.15, 0.2) is 30.5 Å². The summed E-state index contributed by atoms with van der Waals surface area (Å²) in [5.74, 6) is -1.79. The molecule has 0 radical (unpaired) electrons. The molecule has 1 aromatic carbocycles. The smallest absolute Gasteiger partial charge is 0.326 e. The van der Waals surface area contributed by atoms with Gasteiger partial charge in [0.1, 0.15) is 12.1 Å². The van der Waals surface area contributed by atoms with Crippen molar-refractivity contribution in [3.63, 3.8) is 0 Å². The summed E-state index contributed by atoms with van der Waals surface area (Å²) in [6.45, 7) is 4.34. The van der Waals surface area contributed by atoms with Crippen LogP contribution in [-0.4, -0.2) is 57.4 Å². The van der Waals surface area contributed by atoms with Crippen molar-refractivity contribution in [3.8, 4) is 0 Å². The van der Waals surface area contributed by atoms with Crippen LogP contribution in [0.3, 0.4) is 0 Å². The van der Waals surface area contributed by atoms with Gasteiger partial charge in [-0.3, -0.25) is 9.59 Å². The molecule has 162 valence electrons. The Morgan fingerprint density at radius 3 is 2.77 bits per heavy atom. The molecular weight excluding hydrogens is 384 g/mol. The van der Waals surface area contributed by atoms with Crippen LogP contribution in [0.2, 0.25) is 0 Å². The fourth-order valence-electron chi connectivity index (χ4n) is 3.98. The number of amides is 2. The summed E-state index contributed by atoms with van der Waals surface area (Å²) >= 11 is 0. The standard InChI is InChI=1S/C22H30N4O4/c1-3-13(2)19(23)21(28)26-10-6-9-18(26)20(27)25-17(22(29)30)11-14-12-24-16-8-5-4-7-15(14)16/h4-5,7-8,12-13,17-19,24H,3,6,9-11,23H2,1-2H3,(H,25,27)(H,29,30)/t13-,17-,18-,19-/m0/s1. The summed E-state index contributed by atoms with van der Waals surface area (Å²) < 4.78 is 0. The molecule has 8 heteroatoms. The van der Waals surface area contributed by atoms with E-state index < -0.39 is 30.0 Å². The normalized spacial score (nSPS) is 19.4. The number of carboxylic acids is 1. The van der Waals surface area contributed by atoms with E-state index >= 15 is 0 Å². The first-order valence-electron chi connectivity index (χ1n) is 10.5. The average molecular weight is 415 g/mol. The molecule has 2 amide bonds. The van der Waals surface area contributed by atoms with Crippen LogP contribution in [0.1, 0.15) is 38.7 Å². The number of carbonyl (C=O) groups excluding carboxylic acids is 2. The van der Waals surface area contributed by atoms with Crippen LogP contribution >= 0.6 is 0 Å². The van der Waals surface area contributed by atoms with Crippen LogP contribution in [-0.2, 0) is 20.8 Å². The molecule has 1 fully saturated rings. The van der Waals surface area contributed by atoms with Gasteiger partial charge in [0, 0.05) is 30.1 Å². The molecule has 0 bridgehead atoms.